The fourth-order valence-electron chi connectivity index (χ4n) is 3.05. The molecule has 2 rings (SSSR count). The molecule has 1 unspecified atom stereocenters. The number of hydrogen-bond acceptors (Lipinski definition) is 10. The molecule has 30 heavy (non-hydrogen) atoms. The van der Waals surface area contributed by atoms with Crippen molar-refractivity contribution >= 4 is 16.1 Å². The van der Waals surface area contributed by atoms with Gasteiger partial charge in [0.25, 0.3) is 5.16 Å². The minimum atomic E-state index is -4.04. The molecule has 2 atom stereocenters. The quantitative estimate of drug-likeness (QED) is 0.187. The number of rotatable bonds is 13. The van der Waals surface area contributed by atoms with Crippen molar-refractivity contribution in [3.63, 3.8) is 0 Å². The number of nitro groups is 1. The van der Waals surface area contributed by atoms with Crippen molar-refractivity contribution in [3.05, 3.63) is 40.4 Å². The summed E-state index contributed by atoms with van der Waals surface area (Å²) in [6.07, 6.45) is -0.571. The summed E-state index contributed by atoms with van der Waals surface area (Å²) in [7, 11) is -1.29. The number of aromatic nitrogens is 4. The fourth-order valence-corrected chi connectivity index (χ4v) is 4.36. The van der Waals surface area contributed by atoms with Crippen LogP contribution in [0.25, 0.3) is 5.69 Å². The number of carbonyl (C=O) groups is 1. The van der Waals surface area contributed by atoms with Crippen molar-refractivity contribution in [1.29, 1.82) is 0 Å². The van der Waals surface area contributed by atoms with Gasteiger partial charge < -0.3 is 14.3 Å². The predicted molar refractivity (Wildman–Crippen MR) is 103 cm³/mol. The Morgan fingerprint density at radius 3 is 2.47 bits per heavy atom. The summed E-state index contributed by atoms with van der Waals surface area (Å²) in [5.41, 5.74) is 0.439. The lowest BCUT2D eigenvalue weighted by atomic mass is 9.91. The van der Waals surface area contributed by atoms with Crippen LogP contribution in [0.15, 0.2) is 35.5 Å². The van der Waals surface area contributed by atoms with Crippen LogP contribution in [-0.2, 0) is 24.1 Å². The molecule has 0 fully saturated rings. The highest BCUT2D eigenvalue weighted by Crippen LogP contribution is 2.23. The molecule has 0 N–H and O–H groups in total. The highest BCUT2D eigenvalue weighted by molar-refractivity contribution is 7.91. The number of benzene rings is 1. The van der Waals surface area contributed by atoms with Gasteiger partial charge in [-0.2, -0.15) is 4.68 Å². The number of hydrogen-bond donors (Lipinski definition) is 0. The largest absolute Gasteiger partial charge is 0.356 e. The van der Waals surface area contributed by atoms with Crippen LogP contribution in [0.4, 0.5) is 0 Å². The van der Waals surface area contributed by atoms with E-state index < -0.39 is 43.9 Å². The number of sulfone groups is 1. The number of tetrazole rings is 1. The van der Waals surface area contributed by atoms with Crippen molar-refractivity contribution < 1.29 is 27.6 Å². The van der Waals surface area contributed by atoms with Crippen molar-refractivity contribution in [2.75, 3.05) is 20.0 Å². The minimum Gasteiger partial charge on any atom is -0.356 e. The average Bonchev–Trinajstić information content (AvgIpc) is 3.23. The summed E-state index contributed by atoms with van der Waals surface area (Å²) >= 11 is 0. The van der Waals surface area contributed by atoms with Crippen LogP contribution in [-0.4, -0.2) is 72.1 Å². The Morgan fingerprint density at radius 2 is 1.90 bits per heavy atom. The van der Waals surface area contributed by atoms with Crippen molar-refractivity contribution in [3.8, 4) is 5.69 Å². The smallest absolute Gasteiger partial charge is 0.272 e. The monoisotopic (exact) mass is 441 g/mol. The van der Waals surface area contributed by atoms with E-state index in [1.54, 1.807) is 30.3 Å². The summed E-state index contributed by atoms with van der Waals surface area (Å²) in [4.78, 5) is 22.1. The topological polar surface area (TPSA) is 156 Å². The minimum absolute atomic E-state index is 0.0686. The molecule has 0 bridgehead atoms. The number of aldehydes is 1. The van der Waals surface area contributed by atoms with Crippen LogP contribution in [0.3, 0.4) is 0 Å². The second-order valence-electron chi connectivity index (χ2n) is 6.47. The van der Waals surface area contributed by atoms with Gasteiger partial charge in [-0.3, -0.25) is 10.1 Å². The Bertz CT molecular complexity index is 931. The zero-order chi connectivity index (χ0) is 22.1. The second-order valence-corrected chi connectivity index (χ2v) is 8.47. The molecule has 0 saturated heterocycles. The maximum absolute atomic E-state index is 12.8. The number of para-hydroxylation sites is 1. The second kappa shape index (κ2) is 10.8. The van der Waals surface area contributed by atoms with Crippen LogP contribution in [0.5, 0.6) is 0 Å². The van der Waals surface area contributed by atoms with E-state index in [4.69, 9.17) is 9.47 Å². The SMILES string of the molecule is COC(C[C@@H](CC=O)C(CCS(=O)(=O)c1nnnn1-c1ccccc1)[N+](=O)[O-])OC. The van der Waals surface area contributed by atoms with Crippen LogP contribution in [0, 0.1) is 16.0 Å². The summed E-state index contributed by atoms with van der Waals surface area (Å²) in [6, 6.07) is 7.11. The molecule has 0 saturated carbocycles. The van der Waals surface area contributed by atoms with Crippen molar-refractivity contribution in [2.24, 2.45) is 5.92 Å². The normalized spacial score (nSPS) is 13.8. The summed E-state index contributed by atoms with van der Waals surface area (Å²) in [6.45, 7) is 0. The summed E-state index contributed by atoms with van der Waals surface area (Å²) < 4.78 is 36.8. The van der Waals surface area contributed by atoms with Gasteiger partial charge in [-0.1, -0.05) is 23.3 Å². The zero-order valence-corrected chi connectivity index (χ0v) is 17.3. The molecule has 12 nitrogen and oxygen atoms in total. The molecular formula is C17H23N5O7S. The molecule has 1 heterocycles. The van der Waals surface area contributed by atoms with E-state index in [1.165, 1.54) is 14.2 Å². The molecule has 1 aromatic carbocycles. The standard InChI is InChI=1S/C17H23N5O7S/c1-28-16(29-2)12-13(8-10-23)15(22(24)25)9-11-30(26,27)17-18-19-20-21(17)14-6-4-3-5-7-14/h3-7,10,13,15-16H,8-9,11-12H2,1-2H3/t13-,15?/m1/s1. The van der Waals surface area contributed by atoms with Gasteiger partial charge in [-0.15, -0.1) is 0 Å². The zero-order valence-electron chi connectivity index (χ0n) is 16.5. The molecule has 0 amide bonds. The van der Waals surface area contributed by atoms with Gasteiger partial charge in [0.15, 0.2) is 6.29 Å². The molecule has 0 aliphatic heterocycles. The lowest BCUT2D eigenvalue weighted by molar-refractivity contribution is -0.533. The highest BCUT2D eigenvalue weighted by Gasteiger charge is 2.36. The number of nitrogens with zero attached hydrogens (tertiary/aromatic N) is 5. The van der Waals surface area contributed by atoms with Gasteiger partial charge >= 0.3 is 0 Å². The Labute approximate surface area is 173 Å². The highest BCUT2D eigenvalue weighted by atomic mass is 32.2. The molecule has 164 valence electrons. The van der Waals surface area contributed by atoms with Gasteiger partial charge in [0, 0.05) is 44.3 Å². The molecular weight excluding hydrogens is 418 g/mol. The van der Waals surface area contributed by atoms with E-state index in [2.05, 4.69) is 15.5 Å². The Balaban J connectivity index is 2.22. The van der Waals surface area contributed by atoms with Gasteiger partial charge in [-0.25, -0.2) is 8.42 Å². The van der Waals surface area contributed by atoms with E-state index >= 15 is 0 Å². The first-order chi connectivity index (χ1) is 14.3. The molecule has 0 aliphatic carbocycles. The van der Waals surface area contributed by atoms with Gasteiger partial charge in [0.2, 0.25) is 15.9 Å². The first-order valence-electron chi connectivity index (χ1n) is 9.03. The van der Waals surface area contributed by atoms with Gasteiger partial charge in [0.1, 0.15) is 6.29 Å². The Kier molecular flexibility index (Phi) is 8.50. The molecule has 2 aromatic rings. The fraction of sp³-hybridized carbons (Fsp3) is 0.529. The Morgan fingerprint density at radius 1 is 1.23 bits per heavy atom. The maximum Gasteiger partial charge on any atom is 0.272 e. The Hall–Kier alpha value is -2.77. The lowest BCUT2D eigenvalue weighted by Gasteiger charge is -2.22. The molecule has 1 aromatic heterocycles. The third kappa shape index (κ3) is 5.87. The maximum atomic E-state index is 12.8. The van der Waals surface area contributed by atoms with Crippen LogP contribution in [0.1, 0.15) is 19.3 Å². The number of methoxy groups -OCH3 is 2. The van der Waals surface area contributed by atoms with Crippen LogP contribution in [0.2, 0.25) is 0 Å². The first-order valence-corrected chi connectivity index (χ1v) is 10.7. The van der Waals surface area contributed by atoms with Crippen LogP contribution >= 0.6 is 0 Å². The van der Waals surface area contributed by atoms with Crippen molar-refractivity contribution in [1.82, 2.24) is 20.2 Å². The van der Waals surface area contributed by atoms with Gasteiger partial charge in [-0.05, 0) is 22.6 Å². The number of carbonyl (C=O) groups excluding carboxylic acids is 1. The third-order valence-corrected chi connectivity index (χ3v) is 6.22. The van der Waals surface area contributed by atoms with Crippen molar-refractivity contribution in [2.45, 2.75) is 36.8 Å². The molecule has 0 spiro atoms. The molecule has 0 radical (unpaired) electrons. The van der Waals surface area contributed by atoms with E-state index in [0.717, 1.165) is 4.68 Å². The van der Waals surface area contributed by atoms with E-state index in [9.17, 15) is 23.3 Å². The van der Waals surface area contributed by atoms with E-state index in [0.29, 0.717) is 12.0 Å². The lowest BCUT2D eigenvalue weighted by Crippen LogP contribution is -2.35. The van der Waals surface area contributed by atoms with Crippen LogP contribution < -0.4 is 0 Å². The average molecular weight is 441 g/mol. The predicted octanol–water partition coefficient (Wildman–Crippen LogP) is 0.686. The third-order valence-electron chi connectivity index (χ3n) is 4.64. The van der Waals surface area contributed by atoms with E-state index in [1.807, 2.05) is 0 Å². The first kappa shape index (κ1) is 23.5. The van der Waals surface area contributed by atoms with Gasteiger partial charge in [0.05, 0.1) is 11.4 Å². The van der Waals surface area contributed by atoms with E-state index in [-0.39, 0.29) is 19.3 Å². The number of ether oxygens (including phenoxy) is 2. The summed E-state index contributed by atoms with van der Waals surface area (Å²) in [5, 5.41) is 21.9. The summed E-state index contributed by atoms with van der Waals surface area (Å²) in [5.74, 6) is -1.33. The molecule has 0 aliphatic rings. The molecule has 13 heteroatoms.